The molecule has 6 nitrogen and oxygen atoms in total. The third-order valence-corrected chi connectivity index (χ3v) is 4.11. The third-order valence-electron chi connectivity index (χ3n) is 4.11. The lowest BCUT2D eigenvalue weighted by atomic mass is 9.97. The number of hydrogen-bond donors (Lipinski definition) is 3. The molecule has 27 heavy (non-hydrogen) atoms. The third kappa shape index (κ3) is 4.16. The van der Waals surface area contributed by atoms with Gasteiger partial charge in [-0.15, -0.1) is 0 Å². The van der Waals surface area contributed by atoms with Gasteiger partial charge in [-0.1, -0.05) is 24.3 Å². The summed E-state index contributed by atoms with van der Waals surface area (Å²) < 4.78 is 15.1. The molecule has 0 bridgehead atoms. The van der Waals surface area contributed by atoms with Crippen LogP contribution < -0.4 is 16.5 Å². The lowest BCUT2D eigenvalue weighted by Gasteiger charge is -2.13. The lowest BCUT2D eigenvalue weighted by Crippen LogP contribution is -2.19. The SMILES string of the molecule is NC(=O)Nc1ccc(Cc2ccc([OH2+])c(-c3cccc(N[O-])c3)c2F)cc1. The van der Waals surface area contributed by atoms with E-state index in [1.54, 1.807) is 54.0 Å². The standard InChI is InChI=1S/C20H17FN3O3/c21-19-14(10-12-4-7-15(8-5-12)23-20(22)26)6-9-17(25)18(19)13-2-1-3-16(11-13)24-27/h1-9,11,24-25H,10H2,(H3,22,23,26)/q-1/p+1. The smallest absolute Gasteiger partial charge is 0.316 e. The summed E-state index contributed by atoms with van der Waals surface area (Å²) in [5.74, 6) is -0.454. The van der Waals surface area contributed by atoms with Crippen LogP contribution in [0.3, 0.4) is 0 Å². The maximum absolute atomic E-state index is 15.1. The number of halogens is 1. The Labute approximate surface area is 155 Å². The second kappa shape index (κ2) is 7.76. The molecular weight excluding hydrogens is 349 g/mol. The average Bonchev–Trinajstić information content (AvgIpc) is 2.65. The fraction of sp³-hybridized carbons (Fsp3) is 0.0500. The summed E-state index contributed by atoms with van der Waals surface area (Å²) in [5, 5.41) is 21.4. The van der Waals surface area contributed by atoms with E-state index in [4.69, 9.17) is 10.8 Å². The van der Waals surface area contributed by atoms with Gasteiger partial charge in [0.05, 0.1) is 0 Å². The molecule has 0 spiro atoms. The normalized spacial score (nSPS) is 10.4. The highest BCUT2D eigenvalue weighted by molar-refractivity contribution is 5.87. The van der Waals surface area contributed by atoms with E-state index in [1.165, 1.54) is 12.1 Å². The molecule has 3 rings (SSSR count). The van der Waals surface area contributed by atoms with E-state index in [9.17, 15) is 10.0 Å². The second-order valence-electron chi connectivity index (χ2n) is 6.01. The van der Waals surface area contributed by atoms with Crippen molar-refractivity contribution >= 4 is 17.4 Å². The van der Waals surface area contributed by atoms with E-state index < -0.39 is 11.8 Å². The van der Waals surface area contributed by atoms with Gasteiger partial charge >= 0.3 is 6.03 Å². The Kier molecular flexibility index (Phi) is 5.23. The molecule has 2 amide bonds. The highest BCUT2D eigenvalue weighted by Gasteiger charge is 2.18. The van der Waals surface area contributed by atoms with Crippen molar-refractivity contribution in [1.29, 1.82) is 0 Å². The molecule has 0 saturated heterocycles. The molecule has 138 valence electrons. The lowest BCUT2D eigenvalue weighted by molar-refractivity contribution is 0.259. The predicted octanol–water partition coefficient (Wildman–Crippen LogP) is 3.92. The number of amides is 2. The van der Waals surface area contributed by atoms with Crippen LogP contribution in [0, 0.1) is 11.0 Å². The number of urea groups is 1. The van der Waals surface area contributed by atoms with Crippen LogP contribution in [0.25, 0.3) is 11.1 Å². The van der Waals surface area contributed by atoms with Gasteiger partial charge in [-0.05, 0) is 47.0 Å². The van der Waals surface area contributed by atoms with Crippen LogP contribution in [0.4, 0.5) is 20.6 Å². The van der Waals surface area contributed by atoms with E-state index in [0.717, 1.165) is 5.56 Å². The number of benzene rings is 3. The van der Waals surface area contributed by atoms with Gasteiger partial charge in [0.15, 0.2) is 0 Å². The van der Waals surface area contributed by atoms with Crippen molar-refractivity contribution in [3.8, 4) is 16.9 Å². The minimum Gasteiger partial charge on any atom is -0.761 e. The fourth-order valence-electron chi connectivity index (χ4n) is 2.84. The van der Waals surface area contributed by atoms with E-state index in [0.29, 0.717) is 28.9 Å². The van der Waals surface area contributed by atoms with Crippen LogP contribution in [-0.4, -0.2) is 11.1 Å². The van der Waals surface area contributed by atoms with Gasteiger partial charge in [0.25, 0.3) is 5.75 Å². The molecule has 0 aliphatic carbocycles. The van der Waals surface area contributed by atoms with Gasteiger partial charge < -0.3 is 26.8 Å². The molecule has 0 heterocycles. The second-order valence-corrected chi connectivity index (χ2v) is 6.01. The summed E-state index contributed by atoms with van der Waals surface area (Å²) in [7, 11) is 0. The Balaban J connectivity index is 1.92. The molecule has 0 aromatic heterocycles. The molecular formula is C20H18FN3O3. The number of anilines is 2. The Morgan fingerprint density at radius 3 is 2.48 bits per heavy atom. The summed E-state index contributed by atoms with van der Waals surface area (Å²) in [6.45, 7) is 0. The number of nitrogens with two attached hydrogens (primary N) is 1. The van der Waals surface area contributed by atoms with Gasteiger partial charge in [0.2, 0.25) is 0 Å². The quantitative estimate of drug-likeness (QED) is 0.469. The first-order valence-corrected chi connectivity index (χ1v) is 8.15. The van der Waals surface area contributed by atoms with Gasteiger partial charge in [-0.3, -0.25) is 0 Å². The summed E-state index contributed by atoms with van der Waals surface area (Å²) >= 11 is 0. The van der Waals surface area contributed by atoms with Crippen molar-refractivity contribution in [1.82, 2.24) is 0 Å². The van der Waals surface area contributed by atoms with Crippen LogP contribution in [0.1, 0.15) is 11.1 Å². The summed E-state index contributed by atoms with van der Waals surface area (Å²) in [4.78, 5) is 10.9. The number of carbonyl (C=O) groups is 1. The predicted molar refractivity (Wildman–Crippen MR) is 104 cm³/mol. The Bertz CT molecular complexity index is 975. The van der Waals surface area contributed by atoms with Gasteiger partial charge in [0, 0.05) is 23.9 Å². The minimum atomic E-state index is -0.653. The molecule has 0 saturated carbocycles. The minimum absolute atomic E-state index is 0.0419. The molecule has 3 aromatic carbocycles. The summed E-state index contributed by atoms with van der Waals surface area (Å²) in [6, 6.07) is 15.7. The highest BCUT2D eigenvalue weighted by Crippen LogP contribution is 2.35. The first-order chi connectivity index (χ1) is 13.0. The van der Waals surface area contributed by atoms with E-state index in [1.807, 2.05) is 0 Å². The number of nitrogens with one attached hydrogen (secondary N) is 2. The summed E-state index contributed by atoms with van der Waals surface area (Å²) in [6.07, 6.45) is 0.315. The van der Waals surface area contributed by atoms with Gasteiger partial charge in [-0.25, -0.2) is 9.18 Å². The molecule has 0 radical (unpaired) electrons. The Morgan fingerprint density at radius 2 is 1.81 bits per heavy atom. The molecule has 3 aromatic rings. The number of primary amides is 1. The van der Waals surface area contributed by atoms with Gasteiger partial charge in [-0.2, -0.15) is 0 Å². The van der Waals surface area contributed by atoms with Crippen LogP contribution in [-0.2, 0) is 6.42 Å². The van der Waals surface area contributed by atoms with Crippen molar-refractivity contribution in [2.75, 3.05) is 10.8 Å². The van der Waals surface area contributed by atoms with Crippen molar-refractivity contribution < 1.29 is 14.3 Å². The van der Waals surface area contributed by atoms with Crippen LogP contribution in [0.15, 0.2) is 60.7 Å². The molecule has 0 aliphatic heterocycles. The molecule has 0 unspecified atom stereocenters. The monoisotopic (exact) mass is 367 g/mol. The number of hydrogen-bond acceptors (Lipinski definition) is 3. The Morgan fingerprint density at radius 1 is 1.07 bits per heavy atom. The first-order valence-electron chi connectivity index (χ1n) is 8.15. The average molecular weight is 367 g/mol. The Hall–Kier alpha value is -3.58. The van der Waals surface area contributed by atoms with Crippen molar-refractivity contribution in [3.05, 3.63) is 82.8 Å². The van der Waals surface area contributed by atoms with Crippen LogP contribution in [0.5, 0.6) is 5.75 Å². The largest absolute Gasteiger partial charge is 0.761 e. The zero-order valence-corrected chi connectivity index (χ0v) is 14.3. The molecule has 7 heteroatoms. The first kappa shape index (κ1) is 18.2. The molecule has 6 N–H and O–H groups in total. The zero-order chi connectivity index (χ0) is 19.4. The van der Waals surface area contributed by atoms with E-state index in [2.05, 4.69) is 5.32 Å². The molecule has 0 atom stereocenters. The van der Waals surface area contributed by atoms with Crippen LogP contribution >= 0.6 is 0 Å². The van der Waals surface area contributed by atoms with E-state index >= 15 is 4.39 Å². The number of carbonyl (C=O) groups excluding carboxylic acids is 1. The zero-order valence-electron chi connectivity index (χ0n) is 14.3. The van der Waals surface area contributed by atoms with Crippen molar-refractivity contribution in [3.63, 3.8) is 0 Å². The molecule has 0 fully saturated rings. The van der Waals surface area contributed by atoms with E-state index in [-0.39, 0.29) is 11.3 Å². The number of rotatable bonds is 5. The van der Waals surface area contributed by atoms with Crippen molar-refractivity contribution in [2.24, 2.45) is 5.73 Å². The molecule has 0 aliphatic rings. The highest BCUT2D eigenvalue weighted by atomic mass is 19.1. The maximum atomic E-state index is 15.1. The topological polar surface area (TPSA) is 113 Å². The van der Waals surface area contributed by atoms with Crippen molar-refractivity contribution in [2.45, 2.75) is 6.42 Å². The fourth-order valence-corrected chi connectivity index (χ4v) is 2.84. The maximum Gasteiger partial charge on any atom is 0.316 e. The van der Waals surface area contributed by atoms with Gasteiger partial charge in [0.1, 0.15) is 11.4 Å². The van der Waals surface area contributed by atoms with Crippen LogP contribution in [0.2, 0.25) is 0 Å². The summed E-state index contributed by atoms with van der Waals surface area (Å²) in [5.41, 5.74) is 9.57.